The Morgan fingerprint density at radius 3 is 2.44 bits per heavy atom. The molecule has 1 heterocycles. The number of hydrogen-bond acceptors (Lipinski definition) is 2. The van der Waals surface area contributed by atoms with Crippen LogP contribution in [-0.4, -0.2) is 14.8 Å². The molecule has 1 atom stereocenters. The number of fused-ring (bicyclic) bond motifs is 1. The molecule has 0 radical (unpaired) electrons. The molecule has 3 nitrogen and oxygen atoms in total. The van der Waals surface area contributed by atoms with Crippen LogP contribution in [0.15, 0.2) is 24.4 Å². The summed E-state index contributed by atoms with van der Waals surface area (Å²) >= 11 is 0. The van der Waals surface area contributed by atoms with Crippen LogP contribution in [0.4, 0.5) is 0 Å². The van der Waals surface area contributed by atoms with Crippen LogP contribution in [-0.2, 0) is 0 Å². The third-order valence-electron chi connectivity index (χ3n) is 2.87. The van der Waals surface area contributed by atoms with E-state index in [0.717, 1.165) is 16.5 Å². The van der Waals surface area contributed by atoms with Crippen LogP contribution in [0.1, 0.15) is 38.5 Å². The summed E-state index contributed by atoms with van der Waals surface area (Å²) in [5.41, 5.74) is 1.74. The van der Waals surface area contributed by atoms with Crippen LogP contribution in [0, 0.1) is 0 Å². The normalized spacial score (nSPS) is 13.6. The van der Waals surface area contributed by atoms with E-state index in [1.54, 1.807) is 13.0 Å². The van der Waals surface area contributed by atoms with Gasteiger partial charge in [-0.05, 0) is 32.9 Å². The predicted molar refractivity (Wildman–Crippen MR) is 64.6 cm³/mol. The van der Waals surface area contributed by atoms with Gasteiger partial charge < -0.3 is 14.8 Å². The van der Waals surface area contributed by atoms with Gasteiger partial charge >= 0.3 is 0 Å². The number of aliphatic hydroxyl groups is 1. The molecule has 0 saturated heterocycles. The summed E-state index contributed by atoms with van der Waals surface area (Å²) < 4.78 is 2.07. The number of rotatable bonds is 2. The zero-order valence-corrected chi connectivity index (χ0v) is 9.81. The van der Waals surface area contributed by atoms with Gasteiger partial charge in [0.1, 0.15) is 5.75 Å². The van der Waals surface area contributed by atoms with Gasteiger partial charge in [0.2, 0.25) is 0 Å². The van der Waals surface area contributed by atoms with E-state index in [9.17, 15) is 10.2 Å². The average Bonchev–Trinajstić information content (AvgIpc) is 2.58. The number of aliphatic hydroxyl groups excluding tert-OH is 1. The molecular weight excluding hydrogens is 202 g/mol. The third kappa shape index (κ3) is 1.57. The number of hydrogen-bond donors (Lipinski definition) is 2. The minimum Gasteiger partial charge on any atom is -0.507 e. The monoisotopic (exact) mass is 219 g/mol. The van der Waals surface area contributed by atoms with Gasteiger partial charge in [-0.3, -0.25) is 0 Å². The summed E-state index contributed by atoms with van der Waals surface area (Å²) in [7, 11) is 0. The smallest absolute Gasteiger partial charge is 0.125 e. The summed E-state index contributed by atoms with van der Waals surface area (Å²) in [6, 6.07) is 5.74. The standard InChI is InChI=1S/C13H17NO2/c1-8(2)14-7-10(9(3)15)13-11(14)5-4-6-12(13)16/h4-9,15-16H,1-3H3. The van der Waals surface area contributed by atoms with Crippen molar-refractivity contribution in [3.05, 3.63) is 30.0 Å². The van der Waals surface area contributed by atoms with Crippen molar-refractivity contribution in [2.75, 3.05) is 0 Å². The van der Waals surface area contributed by atoms with Crippen LogP contribution in [0.25, 0.3) is 10.9 Å². The maximum Gasteiger partial charge on any atom is 0.125 e. The predicted octanol–water partition coefficient (Wildman–Crippen LogP) is 2.98. The van der Waals surface area contributed by atoms with Crippen LogP contribution in [0.3, 0.4) is 0 Å². The first-order valence-electron chi connectivity index (χ1n) is 5.53. The van der Waals surface area contributed by atoms with Crippen LogP contribution in [0.5, 0.6) is 5.75 Å². The summed E-state index contributed by atoms with van der Waals surface area (Å²) in [6.45, 7) is 5.87. The van der Waals surface area contributed by atoms with E-state index in [2.05, 4.69) is 18.4 Å². The fraction of sp³-hybridized carbons (Fsp3) is 0.385. The van der Waals surface area contributed by atoms with Crippen molar-refractivity contribution < 1.29 is 10.2 Å². The topological polar surface area (TPSA) is 45.4 Å². The molecule has 0 aliphatic rings. The highest BCUT2D eigenvalue weighted by molar-refractivity contribution is 5.90. The molecule has 1 aromatic carbocycles. The van der Waals surface area contributed by atoms with E-state index in [0.29, 0.717) is 6.04 Å². The lowest BCUT2D eigenvalue weighted by molar-refractivity contribution is 0.200. The van der Waals surface area contributed by atoms with E-state index in [4.69, 9.17) is 0 Å². The maximum atomic E-state index is 9.87. The molecule has 2 rings (SSSR count). The number of nitrogens with zero attached hydrogens (tertiary/aromatic N) is 1. The Morgan fingerprint density at radius 1 is 1.19 bits per heavy atom. The highest BCUT2D eigenvalue weighted by Gasteiger charge is 2.16. The number of aromatic hydroxyl groups is 1. The van der Waals surface area contributed by atoms with Crippen molar-refractivity contribution in [1.82, 2.24) is 4.57 Å². The Bertz CT molecular complexity index is 512. The minimum absolute atomic E-state index is 0.229. The van der Waals surface area contributed by atoms with Crippen LogP contribution >= 0.6 is 0 Å². The van der Waals surface area contributed by atoms with E-state index in [1.807, 2.05) is 18.3 Å². The molecule has 0 amide bonds. The van der Waals surface area contributed by atoms with E-state index >= 15 is 0 Å². The molecule has 0 aliphatic heterocycles. The lowest BCUT2D eigenvalue weighted by Gasteiger charge is -2.08. The lowest BCUT2D eigenvalue weighted by atomic mass is 10.1. The zero-order chi connectivity index (χ0) is 11.9. The molecule has 2 N–H and O–H groups in total. The first-order chi connectivity index (χ1) is 7.52. The first-order valence-corrected chi connectivity index (χ1v) is 5.53. The summed E-state index contributed by atoms with van der Waals surface area (Å²) in [5, 5.41) is 20.3. The molecule has 2 aromatic rings. The highest BCUT2D eigenvalue weighted by atomic mass is 16.3. The Hall–Kier alpha value is -1.48. The van der Waals surface area contributed by atoms with Gasteiger partial charge in [-0.25, -0.2) is 0 Å². The van der Waals surface area contributed by atoms with Crippen LogP contribution < -0.4 is 0 Å². The van der Waals surface area contributed by atoms with Gasteiger partial charge in [0.05, 0.1) is 11.6 Å². The molecule has 0 aliphatic carbocycles. The van der Waals surface area contributed by atoms with E-state index in [-0.39, 0.29) is 5.75 Å². The Morgan fingerprint density at radius 2 is 1.88 bits per heavy atom. The van der Waals surface area contributed by atoms with Gasteiger partial charge in [0.15, 0.2) is 0 Å². The largest absolute Gasteiger partial charge is 0.507 e. The Labute approximate surface area is 94.9 Å². The van der Waals surface area contributed by atoms with E-state index < -0.39 is 6.10 Å². The fourth-order valence-electron chi connectivity index (χ4n) is 2.07. The molecule has 16 heavy (non-hydrogen) atoms. The molecule has 1 aromatic heterocycles. The molecule has 0 fully saturated rings. The van der Waals surface area contributed by atoms with Crippen molar-refractivity contribution in [3.63, 3.8) is 0 Å². The lowest BCUT2D eigenvalue weighted by Crippen LogP contribution is -1.98. The van der Waals surface area contributed by atoms with Crippen molar-refractivity contribution in [2.45, 2.75) is 32.9 Å². The number of aromatic nitrogens is 1. The zero-order valence-electron chi connectivity index (χ0n) is 9.81. The van der Waals surface area contributed by atoms with Gasteiger partial charge in [-0.15, -0.1) is 0 Å². The first kappa shape index (κ1) is 11.0. The molecule has 1 unspecified atom stereocenters. The van der Waals surface area contributed by atoms with Gasteiger partial charge in [0.25, 0.3) is 0 Å². The average molecular weight is 219 g/mol. The Kier molecular flexibility index (Phi) is 2.64. The molecule has 0 bridgehead atoms. The van der Waals surface area contributed by atoms with Crippen molar-refractivity contribution >= 4 is 10.9 Å². The summed E-state index contributed by atoms with van der Waals surface area (Å²) in [5.74, 6) is 0.229. The van der Waals surface area contributed by atoms with Gasteiger partial charge in [0, 0.05) is 23.2 Å². The van der Waals surface area contributed by atoms with Crippen molar-refractivity contribution in [3.8, 4) is 5.75 Å². The third-order valence-corrected chi connectivity index (χ3v) is 2.87. The second-order valence-electron chi connectivity index (χ2n) is 4.43. The van der Waals surface area contributed by atoms with Gasteiger partial charge in [-0.1, -0.05) is 6.07 Å². The summed E-state index contributed by atoms with van der Waals surface area (Å²) in [4.78, 5) is 0. The highest BCUT2D eigenvalue weighted by Crippen LogP contribution is 2.34. The van der Waals surface area contributed by atoms with Crippen LogP contribution in [0.2, 0.25) is 0 Å². The number of phenolic OH excluding ortho intramolecular Hbond substituents is 1. The molecule has 0 spiro atoms. The number of benzene rings is 1. The quantitative estimate of drug-likeness (QED) is 0.815. The van der Waals surface area contributed by atoms with Crippen molar-refractivity contribution in [2.24, 2.45) is 0 Å². The number of phenols is 1. The molecule has 86 valence electrons. The summed E-state index contributed by atoms with van der Waals surface area (Å²) in [6.07, 6.45) is 1.34. The Balaban J connectivity index is 2.82. The SMILES string of the molecule is CC(O)c1cn(C(C)C)c2cccc(O)c12. The minimum atomic E-state index is -0.573. The fourth-order valence-corrected chi connectivity index (χ4v) is 2.07. The molecule has 0 saturated carbocycles. The maximum absolute atomic E-state index is 9.87. The molecular formula is C13H17NO2. The second kappa shape index (κ2) is 3.83. The second-order valence-corrected chi connectivity index (χ2v) is 4.43. The van der Waals surface area contributed by atoms with E-state index in [1.165, 1.54) is 0 Å². The van der Waals surface area contributed by atoms with Gasteiger partial charge in [-0.2, -0.15) is 0 Å². The van der Waals surface area contributed by atoms with Crippen molar-refractivity contribution in [1.29, 1.82) is 0 Å². The molecule has 3 heteroatoms.